The minimum Gasteiger partial charge on any atom is -0.374 e. The quantitative estimate of drug-likeness (QED) is 0.714. The maximum absolute atomic E-state index is 5.96. The van der Waals surface area contributed by atoms with Crippen molar-refractivity contribution in [2.45, 2.75) is 71.6 Å². The number of ether oxygens (including phenoxy) is 1. The fraction of sp³-hybridized carbons (Fsp3) is 1.00. The maximum Gasteiger partial charge on any atom is 0.0654 e. The van der Waals surface area contributed by atoms with E-state index in [9.17, 15) is 0 Å². The van der Waals surface area contributed by atoms with Gasteiger partial charge in [-0.25, -0.2) is 0 Å². The molecule has 0 amide bonds. The van der Waals surface area contributed by atoms with E-state index in [0.29, 0.717) is 6.04 Å². The Morgan fingerprint density at radius 1 is 1.33 bits per heavy atom. The maximum atomic E-state index is 5.96. The Morgan fingerprint density at radius 3 is 2.40 bits per heavy atom. The SMILES string of the molecule is CC(C)N1CCC[C@@]1(C)COC(C)(C)C. The molecule has 2 nitrogen and oxygen atoms in total. The number of rotatable bonds is 3. The number of hydrogen-bond donors (Lipinski definition) is 0. The van der Waals surface area contributed by atoms with Crippen LogP contribution in [-0.2, 0) is 4.74 Å². The van der Waals surface area contributed by atoms with Gasteiger partial charge in [0, 0.05) is 11.6 Å². The third kappa shape index (κ3) is 3.46. The van der Waals surface area contributed by atoms with E-state index in [0.717, 1.165) is 6.61 Å². The molecule has 0 unspecified atom stereocenters. The van der Waals surface area contributed by atoms with Crippen LogP contribution in [0.2, 0.25) is 0 Å². The van der Waals surface area contributed by atoms with E-state index in [4.69, 9.17) is 4.74 Å². The molecular formula is C13H27NO. The zero-order chi connectivity index (χ0) is 11.7. The molecule has 90 valence electrons. The Labute approximate surface area is 95.0 Å². The van der Waals surface area contributed by atoms with Crippen LogP contribution in [0, 0.1) is 0 Å². The summed E-state index contributed by atoms with van der Waals surface area (Å²) in [5.74, 6) is 0. The van der Waals surface area contributed by atoms with Crippen molar-refractivity contribution in [3.63, 3.8) is 0 Å². The molecule has 1 heterocycles. The van der Waals surface area contributed by atoms with Crippen molar-refractivity contribution in [2.75, 3.05) is 13.2 Å². The van der Waals surface area contributed by atoms with Gasteiger partial charge in [-0.3, -0.25) is 4.90 Å². The van der Waals surface area contributed by atoms with E-state index >= 15 is 0 Å². The first kappa shape index (κ1) is 13.0. The Hall–Kier alpha value is -0.0800. The van der Waals surface area contributed by atoms with Gasteiger partial charge in [-0.15, -0.1) is 0 Å². The molecule has 0 spiro atoms. The monoisotopic (exact) mass is 213 g/mol. The highest BCUT2D eigenvalue weighted by atomic mass is 16.5. The average Bonchev–Trinajstić information content (AvgIpc) is 2.44. The molecular weight excluding hydrogens is 186 g/mol. The highest BCUT2D eigenvalue weighted by Crippen LogP contribution is 2.32. The molecule has 0 saturated carbocycles. The molecule has 1 atom stereocenters. The molecule has 0 radical (unpaired) electrons. The van der Waals surface area contributed by atoms with E-state index in [-0.39, 0.29) is 11.1 Å². The molecule has 1 saturated heterocycles. The van der Waals surface area contributed by atoms with Crippen LogP contribution >= 0.6 is 0 Å². The molecule has 0 N–H and O–H groups in total. The molecule has 1 rings (SSSR count). The van der Waals surface area contributed by atoms with Crippen LogP contribution in [0.5, 0.6) is 0 Å². The number of nitrogens with zero attached hydrogens (tertiary/aromatic N) is 1. The van der Waals surface area contributed by atoms with Crippen LogP contribution < -0.4 is 0 Å². The lowest BCUT2D eigenvalue weighted by Gasteiger charge is -2.39. The number of hydrogen-bond acceptors (Lipinski definition) is 2. The molecule has 15 heavy (non-hydrogen) atoms. The van der Waals surface area contributed by atoms with Crippen molar-refractivity contribution in [3.05, 3.63) is 0 Å². The summed E-state index contributed by atoms with van der Waals surface area (Å²) < 4.78 is 5.96. The zero-order valence-electron chi connectivity index (χ0n) is 11.3. The van der Waals surface area contributed by atoms with Gasteiger partial charge in [0.2, 0.25) is 0 Å². The second-order valence-electron chi connectivity index (χ2n) is 6.29. The van der Waals surface area contributed by atoms with Gasteiger partial charge in [0.1, 0.15) is 0 Å². The molecule has 1 aliphatic heterocycles. The minimum atomic E-state index is -0.0196. The summed E-state index contributed by atoms with van der Waals surface area (Å²) in [5.41, 5.74) is 0.232. The molecule has 1 fully saturated rings. The summed E-state index contributed by atoms with van der Waals surface area (Å²) >= 11 is 0. The van der Waals surface area contributed by atoms with Gasteiger partial charge in [0.25, 0.3) is 0 Å². The Morgan fingerprint density at radius 2 is 1.93 bits per heavy atom. The standard InChI is InChI=1S/C13H27NO/c1-11(2)14-9-7-8-13(14,6)10-15-12(3,4)5/h11H,7-10H2,1-6H3/t13-/m0/s1. The van der Waals surface area contributed by atoms with Gasteiger partial charge in [0.05, 0.1) is 12.2 Å². The van der Waals surface area contributed by atoms with E-state index < -0.39 is 0 Å². The molecule has 0 aromatic rings. The van der Waals surface area contributed by atoms with Crippen molar-refractivity contribution < 1.29 is 4.74 Å². The summed E-state index contributed by atoms with van der Waals surface area (Å²) in [4.78, 5) is 2.58. The second-order valence-corrected chi connectivity index (χ2v) is 6.29. The van der Waals surface area contributed by atoms with Crippen molar-refractivity contribution in [1.82, 2.24) is 4.90 Å². The highest BCUT2D eigenvalue weighted by molar-refractivity contribution is 4.94. The van der Waals surface area contributed by atoms with Gasteiger partial charge >= 0.3 is 0 Å². The Bertz CT molecular complexity index is 207. The average molecular weight is 213 g/mol. The van der Waals surface area contributed by atoms with Crippen molar-refractivity contribution in [2.24, 2.45) is 0 Å². The van der Waals surface area contributed by atoms with Crippen LogP contribution in [-0.4, -0.2) is 35.2 Å². The first-order valence-electron chi connectivity index (χ1n) is 6.15. The van der Waals surface area contributed by atoms with E-state index in [1.807, 2.05) is 0 Å². The van der Waals surface area contributed by atoms with E-state index in [1.54, 1.807) is 0 Å². The summed E-state index contributed by atoms with van der Waals surface area (Å²) in [6, 6.07) is 0.626. The fourth-order valence-corrected chi connectivity index (χ4v) is 2.45. The lowest BCUT2D eigenvalue weighted by atomic mass is 9.98. The van der Waals surface area contributed by atoms with E-state index in [1.165, 1.54) is 19.4 Å². The van der Waals surface area contributed by atoms with Crippen LogP contribution in [0.15, 0.2) is 0 Å². The minimum absolute atomic E-state index is 0.0196. The summed E-state index contributed by atoms with van der Waals surface area (Å²) in [5, 5.41) is 0. The zero-order valence-corrected chi connectivity index (χ0v) is 11.3. The van der Waals surface area contributed by atoms with Gasteiger partial charge < -0.3 is 4.74 Å². The number of likely N-dealkylation sites (tertiary alicyclic amines) is 1. The summed E-state index contributed by atoms with van der Waals surface area (Å²) in [7, 11) is 0. The fourth-order valence-electron chi connectivity index (χ4n) is 2.45. The van der Waals surface area contributed by atoms with Crippen molar-refractivity contribution in [1.29, 1.82) is 0 Å². The van der Waals surface area contributed by atoms with Crippen LogP contribution in [0.4, 0.5) is 0 Å². The predicted octanol–water partition coefficient (Wildman–Crippen LogP) is 3.06. The molecule has 0 aliphatic carbocycles. The molecule has 2 heteroatoms. The third-order valence-corrected chi connectivity index (χ3v) is 3.25. The summed E-state index contributed by atoms with van der Waals surface area (Å²) in [6.45, 7) is 15.4. The highest BCUT2D eigenvalue weighted by Gasteiger charge is 2.38. The lowest BCUT2D eigenvalue weighted by molar-refractivity contribution is -0.0624. The first-order valence-corrected chi connectivity index (χ1v) is 6.15. The Kier molecular flexibility index (Phi) is 3.83. The van der Waals surface area contributed by atoms with Gasteiger partial charge in [-0.1, -0.05) is 0 Å². The second kappa shape index (κ2) is 4.42. The van der Waals surface area contributed by atoms with Crippen molar-refractivity contribution in [3.8, 4) is 0 Å². The molecule has 0 aromatic heterocycles. The smallest absolute Gasteiger partial charge is 0.0654 e. The largest absolute Gasteiger partial charge is 0.374 e. The molecule has 0 bridgehead atoms. The Balaban J connectivity index is 2.57. The van der Waals surface area contributed by atoms with Crippen LogP contribution in [0.3, 0.4) is 0 Å². The van der Waals surface area contributed by atoms with Crippen LogP contribution in [0.1, 0.15) is 54.4 Å². The van der Waals surface area contributed by atoms with Gasteiger partial charge in [-0.05, 0) is 60.9 Å². The first-order chi connectivity index (χ1) is 6.75. The van der Waals surface area contributed by atoms with Crippen molar-refractivity contribution >= 4 is 0 Å². The summed E-state index contributed by atoms with van der Waals surface area (Å²) in [6.07, 6.45) is 2.57. The normalized spacial score (nSPS) is 29.0. The third-order valence-electron chi connectivity index (χ3n) is 3.25. The predicted molar refractivity (Wildman–Crippen MR) is 65.2 cm³/mol. The molecule has 1 aliphatic rings. The topological polar surface area (TPSA) is 12.5 Å². The van der Waals surface area contributed by atoms with Gasteiger partial charge in [0.15, 0.2) is 0 Å². The van der Waals surface area contributed by atoms with Crippen LogP contribution in [0.25, 0.3) is 0 Å². The van der Waals surface area contributed by atoms with E-state index in [2.05, 4.69) is 46.4 Å². The molecule has 0 aromatic carbocycles. The lowest BCUT2D eigenvalue weighted by Crippen LogP contribution is -2.49. The van der Waals surface area contributed by atoms with Gasteiger partial charge in [-0.2, -0.15) is 0 Å².